The number of fused-ring (bicyclic) bond motifs is 1. The molecule has 31 heavy (non-hydrogen) atoms. The van der Waals surface area contributed by atoms with Crippen LogP contribution in [0.3, 0.4) is 0 Å². The van der Waals surface area contributed by atoms with Crippen molar-refractivity contribution in [2.24, 2.45) is 0 Å². The average molecular weight is 469 g/mol. The molecule has 1 aliphatic heterocycles. The number of aliphatic hydroxyl groups is 1. The van der Waals surface area contributed by atoms with Crippen LogP contribution in [0.25, 0.3) is 16.3 Å². The van der Waals surface area contributed by atoms with E-state index in [1.807, 2.05) is 10.6 Å². The van der Waals surface area contributed by atoms with Crippen LogP contribution in [0.5, 0.6) is 0 Å². The molecule has 8 nitrogen and oxygen atoms in total. The van der Waals surface area contributed by atoms with Gasteiger partial charge in [0.2, 0.25) is 0 Å². The third kappa shape index (κ3) is 4.27. The molecule has 0 spiro atoms. The first kappa shape index (κ1) is 21.0. The Bertz CT molecular complexity index is 1090. The lowest BCUT2D eigenvalue weighted by Crippen LogP contribution is -2.44. The number of halogens is 2. The van der Waals surface area contributed by atoms with E-state index in [1.165, 1.54) is 0 Å². The fourth-order valence-corrected chi connectivity index (χ4v) is 5.04. The Labute approximate surface area is 185 Å². The number of hydrogen-bond acceptors (Lipinski definition) is 9. The molecule has 2 fully saturated rings. The summed E-state index contributed by atoms with van der Waals surface area (Å²) in [5.41, 5.74) is 2.36. The summed E-state index contributed by atoms with van der Waals surface area (Å²) in [4.78, 5) is 7.69. The first-order valence-corrected chi connectivity index (χ1v) is 11.6. The number of nitrogens with zero attached hydrogens (tertiary/aromatic N) is 5. The lowest BCUT2D eigenvalue weighted by Gasteiger charge is -2.34. The van der Waals surface area contributed by atoms with Crippen molar-refractivity contribution in [1.82, 2.24) is 24.3 Å². The summed E-state index contributed by atoms with van der Waals surface area (Å²) < 4.78 is 37.1. The molecule has 1 atom stereocenters. The average Bonchev–Trinajstić information content (AvgIpc) is 3.17. The molecule has 2 N–H and O–H groups in total. The standard InChI is InChI=1S/C19H22F2N6O2S2/c1-19(2-3-19)25-31-12-6-13(26-4-5-29-11(8-26)10-28)16-22-7-14(27(16)9-12)17-23-24-18(30-17)15(20)21/h6-7,9,11,15,25,28H,2-5,8,10H2,1H3. The summed E-state index contributed by atoms with van der Waals surface area (Å²) in [6.45, 7) is 3.85. The van der Waals surface area contributed by atoms with Gasteiger partial charge in [-0.3, -0.25) is 9.12 Å². The van der Waals surface area contributed by atoms with E-state index in [-0.39, 0.29) is 23.3 Å². The highest BCUT2D eigenvalue weighted by Gasteiger charge is 2.37. The topological polar surface area (TPSA) is 87.8 Å². The van der Waals surface area contributed by atoms with E-state index >= 15 is 0 Å². The molecule has 1 aliphatic carbocycles. The summed E-state index contributed by atoms with van der Waals surface area (Å²) in [6.07, 6.45) is 2.93. The van der Waals surface area contributed by atoms with Gasteiger partial charge in [-0.25, -0.2) is 13.8 Å². The Morgan fingerprint density at radius 1 is 1.42 bits per heavy atom. The number of morpholine rings is 1. The highest BCUT2D eigenvalue weighted by Crippen LogP contribution is 2.39. The van der Waals surface area contributed by atoms with Gasteiger partial charge < -0.3 is 14.7 Å². The molecule has 3 aromatic heterocycles. The van der Waals surface area contributed by atoms with Gasteiger partial charge in [0.1, 0.15) is 5.69 Å². The van der Waals surface area contributed by atoms with Gasteiger partial charge in [-0.2, -0.15) is 0 Å². The van der Waals surface area contributed by atoms with E-state index in [0.29, 0.717) is 36.0 Å². The monoisotopic (exact) mass is 468 g/mol. The van der Waals surface area contributed by atoms with Crippen LogP contribution in [-0.4, -0.2) is 62.6 Å². The highest BCUT2D eigenvalue weighted by molar-refractivity contribution is 7.97. The van der Waals surface area contributed by atoms with Crippen molar-refractivity contribution in [3.8, 4) is 10.7 Å². The van der Waals surface area contributed by atoms with Gasteiger partial charge in [0.25, 0.3) is 6.43 Å². The van der Waals surface area contributed by atoms with Crippen molar-refractivity contribution < 1.29 is 18.6 Å². The zero-order valence-electron chi connectivity index (χ0n) is 16.8. The zero-order chi connectivity index (χ0) is 21.6. The minimum absolute atomic E-state index is 0.0536. The number of alkyl halides is 2. The van der Waals surface area contributed by atoms with Crippen LogP contribution < -0.4 is 9.62 Å². The first-order chi connectivity index (χ1) is 15.0. The van der Waals surface area contributed by atoms with Crippen LogP contribution in [0.1, 0.15) is 31.2 Å². The Morgan fingerprint density at radius 2 is 2.26 bits per heavy atom. The van der Waals surface area contributed by atoms with Crippen LogP contribution in [0, 0.1) is 0 Å². The maximum Gasteiger partial charge on any atom is 0.291 e. The molecule has 166 valence electrons. The number of rotatable bonds is 7. The normalized spacial score (nSPS) is 20.7. The lowest BCUT2D eigenvalue weighted by molar-refractivity contribution is 0.00360. The maximum absolute atomic E-state index is 13.0. The third-order valence-corrected chi connectivity index (χ3v) is 7.51. The molecular weight excluding hydrogens is 446 g/mol. The number of nitrogens with one attached hydrogen (secondary N) is 1. The van der Waals surface area contributed by atoms with E-state index in [2.05, 4.69) is 37.8 Å². The molecule has 0 radical (unpaired) electrons. The molecule has 0 aromatic carbocycles. The number of imidazole rings is 1. The van der Waals surface area contributed by atoms with Gasteiger partial charge in [0.05, 0.1) is 31.2 Å². The molecule has 3 aromatic rings. The Balaban J connectivity index is 1.56. The summed E-state index contributed by atoms with van der Waals surface area (Å²) in [7, 11) is 0. The summed E-state index contributed by atoms with van der Waals surface area (Å²) in [6, 6.07) is 2.07. The molecule has 5 rings (SSSR count). The van der Waals surface area contributed by atoms with E-state index < -0.39 is 6.43 Å². The van der Waals surface area contributed by atoms with E-state index in [9.17, 15) is 13.9 Å². The van der Waals surface area contributed by atoms with Crippen molar-refractivity contribution in [3.05, 3.63) is 23.5 Å². The fourth-order valence-electron chi connectivity index (χ4n) is 3.44. The highest BCUT2D eigenvalue weighted by atomic mass is 32.2. The van der Waals surface area contributed by atoms with Gasteiger partial charge in [-0.15, -0.1) is 10.2 Å². The first-order valence-electron chi connectivity index (χ1n) is 10.0. The van der Waals surface area contributed by atoms with Crippen molar-refractivity contribution in [1.29, 1.82) is 0 Å². The van der Waals surface area contributed by atoms with Crippen molar-refractivity contribution in [3.63, 3.8) is 0 Å². The van der Waals surface area contributed by atoms with E-state index in [1.54, 1.807) is 18.1 Å². The summed E-state index contributed by atoms with van der Waals surface area (Å²) in [5.74, 6) is 0. The smallest absolute Gasteiger partial charge is 0.291 e. The molecule has 2 aliphatic rings. The molecule has 4 heterocycles. The molecule has 0 bridgehead atoms. The minimum atomic E-state index is -2.65. The van der Waals surface area contributed by atoms with Crippen molar-refractivity contribution in [2.75, 3.05) is 31.2 Å². The number of pyridine rings is 1. The fraction of sp³-hybridized carbons (Fsp3) is 0.526. The summed E-state index contributed by atoms with van der Waals surface area (Å²) >= 11 is 2.42. The van der Waals surface area contributed by atoms with Crippen LogP contribution >= 0.6 is 23.3 Å². The minimum Gasteiger partial charge on any atom is -0.394 e. The van der Waals surface area contributed by atoms with E-state index in [0.717, 1.165) is 34.8 Å². The van der Waals surface area contributed by atoms with Crippen LogP contribution in [0.4, 0.5) is 14.5 Å². The molecule has 0 amide bonds. The number of ether oxygens (including phenoxy) is 1. The van der Waals surface area contributed by atoms with Gasteiger partial charge >= 0.3 is 0 Å². The number of aromatic nitrogens is 4. The largest absolute Gasteiger partial charge is 0.394 e. The predicted octanol–water partition coefficient (Wildman–Crippen LogP) is 3.14. The number of aliphatic hydroxyl groups excluding tert-OH is 1. The quantitative estimate of drug-likeness (QED) is 0.512. The Morgan fingerprint density at radius 3 is 2.97 bits per heavy atom. The van der Waals surface area contributed by atoms with Gasteiger partial charge in [0.15, 0.2) is 15.7 Å². The second-order valence-corrected chi connectivity index (χ2v) is 9.92. The van der Waals surface area contributed by atoms with Gasteiger partial charge in [0, 0.05) is 29.7 Å². The van der Waals surface area contributed by atoms with Crippen molar-refractivity contribution in [2.45, 2.75) is 42.7 Å². The lowest BCUT2D eigenvalue weighted by atomic mass is 10.2. The van der Waals surface area contributed by atoms with Crippen LogP contribution in [0.2, 0.25) is 0 Å². The molecule has 1 unspecified atom stereocenters. The van der Waals surface area contributed by atoms with Gasteiger partial charge in [-0.05, 0) is 37.8 Å². The maximum atomic E-state index is 13.0. The molecule has 1 saturated heterocycles. The van der Waals surface area contributed by atoms with Crippen molar-refractivity contribution >= 4 is 34.6 Å². The van der Waals surface area contributed by atoms with Crippen LogP contribution in [-0.2, 0) is 4.74 Å². The molecule has 1 saturated carbocycles. The number of hydrogen-bond donors (Lipinski definition) is 2. The Hall–Kier alpha value is -1.86. The second kappa shape index (κ2) is 8.24. The SMILES string of the molecule is CC1(NSc2cc(N3CCOC(CO)C3)c3ncc(-c4nnc(C(F)F)s4)n3c2)CC1. The third-order valence-electron chi connectivity index (χ3n) is 5.51. The predicted molar refractivity (Wildman–Crippen MR) is 115 cm³/mol. The Kier molecular flexibility index (Phi) is 5.59. The zero-order valence-corrected chi connectivity index (χ0v) is 18.4. The van der Waals surface area contributed by atoms with Crippen LogP contribution in [0.15, 0.2) is 23.4 Å². The number of anilines is 1. The summed E-state index contributed by atoms with van der Waals surface area (Å²) in [5, 5.41) is 17.2. The molecule has 12 heteroatoms. The second-order valence-electron chi connectivity index (χ2n) is 8.03. The molecular formula is C19H22F2N6O2S2. The van der Waals surface area contributed by atoms with Gasteiger partial charge in [-0.1, -0.05) is 11.3 Å². The van der Waals surface area contributed by atoms with E-state index in [4.69, 9.17) is 4.74 Å².